The van der Waals surface area contributed by atoms with Crippen LogP contribution in [0.25, 0.3) is 0 Å². The second-order valence-corrected chi connectivity index (χ2v) is 6.14. The van der Waals surface area contributed by atoms with Crippen molar-refractivity contribution in [3.63, 3.8) is 0 Å². The Labute approximate surface area is 129 Å². The zero-order valence-electron chi connectivity index (χ0n) is 10.3. The highest BCUT2D eigenvalue weighted by Gasteiger charge is 2.26. The van der Waals surface area contributed by atoms with E-state index in [1.54, 1.807) is 5.38 Å². The molecule has 1 aliphatic heterocycles. The van der Waals surface area contributed by atoms with Gasteiger partial charge in [0.25, 0.3) is 11.7 Å². The van der Waals surface area contributed by atoms with Gasteiger partial charge in [0.05, 0.1) is 6.10 Å². The highest BCUT2D eigenvalue weighted by molar-refractivity contribution is 7.99. The van der Waals surface area contributed by atoms with Gasteiger partial charge in [-0.15, -0.1) is 23.7 Å². The van der Waals surface area contributed by atoms with E-state index < -0.39 is 11.9 Å². The van der Waals surface area contributed by atoms with Crippen LogP contribution in [0.3, 0.4) is 0 Å². The lowest BCUT2D eigenvalue weighted by Crippen LogP contribution is -2.34. The lowest BCUT2D eigenvalue weighted by Gasteiger charge is -2.14. The summed E-state index contributed by atoms with van der Waals surface area (Å²) in [4.78, 5) is 12.5. The first kappa shape index (κ1) is 17.6. The number of nitrogens with one attached hydrogen (secondary N) is 2. The van der Waals surface area contributed by atoms with Crippen LogP contribution < -0.4 is 10.6 Å². The first-order valence-corrected chi connectivity index (χ1v) is 7.53. The van der Waals surface area contributed by atoms with Gasteiger partial charge < -0.3 is 15.7 Å². The lowest BCUT2D eigenvalue weighted by molar-refractivity contribution is 0.0928. The first-order chi connectivity index (χ1) is 9.08. The Morgan fingerprint density at radius 2 is 2.35 bits per heavy atom. The number of aliphatic hydroxyl groups is 1. The molecule has 2 heterocycles. The van der Waals surface area contributed by atoms with Crippen molar-refractivity contribution in [1.29, 1.82) is 0 Å². The third-order valence-electron chi connectivity index (χ3n) is 2.88. The van der Waals surface area contributed by atoms with E-state index in [0.29, 0.717) is 41.2 Å². The number of thioether (sulfide) groups is 1. The van der Waals surface area contributed by atoms with Crippen molar-refractivity contribution in [1.82, 2.24) is 10.6 Å². The lowest BCUT2D eigenvalue weighted by atomic mass is 10.1. The fourth-order valence-corrected chi connectivity index (χ4v) is 3.50. The molecule has 0 spiro atoms. The summed E-state index contributed by atoms with van der Waals surface area (Å²) in [6.45, 7) is 1.50. The number of thiophene rings is 1. The van der Waals surface area contributed by atoms with Crippen LogP contribution in [0.2, 0.25) is 0 Å². The molecule has 1 aromatic heterocycles. The number of carbonyl (C=O) groups excluding carboxylic acids is 1. The molecule has 0 saturated carbocycles. The Morgan fingerprint density at radius 3 is 2.95 bits per heavy atom. The molecule has 0 aromatic carbocycles. The molecule has 2 atom stereocenters. The van der Waals surface area contributed by atoms with Crippen LogP contribution in [0, 0.1) is 5.92 Å². The summed E-state index contributed by atoms with van der Waals surface area (Å²) in [5.41, 5.74) is 0. The van der Waals surface area contributed by atoms with Crippen LogP contribution in [0.1, 0.15) is 9.67 Å². The van der Waals surface area contributed by atoms with Crippen molar-refractivity contribution >= 4 is 41.4 Å². The van der Waals surface area contributed by atoms with Gasteiger partial charge >= 0.3 is 0 Å². The summed E-state index contributed by atoms with van der Waals surface area (Å²) < 4.78 is 24.6. The molecular formula is C11H15ClF2N2O2S2. The largest absolute Gasteiger partial charge is 0.391 e. The predicted molar refractivity (Wildman–Crippen MR) is 78.1 cm³/mol. The van der Waals surface area contributed by atoms with E-state index >= 15 is 0 Å². The Kier molecular flexibility index (Phi) is 7.18. The van der Waals surface area contributed by atoms with E-state index in [1.165, 1.54) is 6.07 Å². The Bertz CT molecular complexity index is 448. The van der Waals surface area contributed by atoms with Crippen LogP contribution in [-0.4, -0.2) is 42.5 Å². The summed E-state index contributed by atoms with van der Waals surface area (Å²) in [6, 6.07) is 1.52. The van der Waals surface area contributed by atoms with Crippen LogP contribution >= 0.6 is 35.5 Å². The van der Waals surface area contributed by atoms with Crippen molar-refractivity contribution in [2.24, 2.45) is 5.92 Å². The van der Waals surface area contributed by atoms with Gasteiger partial charge in [-0.3, -0.25) is 4.79 Å². The van der Waals surface area contributed by atoms with Crippen LogP contribution in [0.15, 0.2) is 16.3 Å². The van der Waals surface area contributed by atoms with Crippen molar-refractivity contribution in [3.8, 4) is 0 Å². The van der Waals surface area contributed by atoms with Gasteiger partial charge in [-0.2, -0.15) is 8.78 Å². The van der Waals surface area contributed by atoms with Gasteiger partial charge in [0.2, 0.25) is 0 Å². The number of aliphatic hydroxyl groups excluding tert-OH is 1. The zero-order chi connectivity index (χ0) is 13.8. The molecule has 3 N–H and O–H groups in total. The molecule has 1 aromatic rings. The maximum atomic E-state index is 12.3. The molecule has 114 valence electrons. The Hall–Kier alpha value is -0.410. The second-order valence-electron chi connectivity index (χ2n) is 4.19. The van der Waals surface area contributed by atoms with Crippen molar-refractivity contribution < 1.29 is 18.7 Å². The number of hydrogen-bond donors (Lipinski definition) is 3. The summed E-state index contributed by atoms with van der Waals surface area (Å²) in [6.07, 6.45) is -0.474. The number of β-amino-alcohol motifs (C(OH)–C–C–N with tert-alkyl or cyclic N) is 1. The van der Waals surface area contributed by atoms with E-state index in [1.807, 2.05) is 0 Å². The number of rotatable bonds is 5. The molecule has 2 rings (SSSR count). The quantitative estimate of drug-likeness (QED) is 0.713. The summed E-state index contributed by atoms with van der Waals surface area (Å²) in [5, 5.41) is 16.9. The van der Waals surface area contributed by atoms with E-state index in [0.717, 1.165) is 11.3 Å². The average molecular weight is 345 g/mol. The van der Waals surface area contributed by atoms with Crippen LogP contribution in [0.5, 0.6) is 0 Å². The molecule has 1 saturated heterocycles. The standard InChI is InChI=1S/C11H14F2N2O2S2.ClH/c12-11(13)19-8-1-2-18-9(8)10(17)15-4-6-3-14-5-7(6)16;/h1-2,6-7,11,14,16H,3-5H2,(H,15,17);1H. The topological polar surface area (TPSA) is 61.4 Å². The van der Waals surface area contributed by atoms with E-state index in [9.17, 15) is 18.7 Å². The molecule has 4 nitrogen and oxygen atoms in total. The molecule has 1 amide bonds. The minimum atomic E-state index is -2.54. The molecule has 1 fully saturated rings. The zero-order valence-corrected chi connectivity index (χ0v) is 12.8. The van der Waals surface area contributed by atoms with Gasteiger partial charge in [-0.1, -0.05) is 11.8 Å². The first-order valence-electron chi connectivity index (χ1n) is 5.77. The smallest absolute Gasteiger partial charge is 0.288 e. The summed E-state index contributed by atoms with van der Waals surface area (Å²) in [7, 11) is 0. The summed E-state index contributed by atoms with van der Waals surface area (Å²) >= 11 is 1.51. The maximum absolute atomic E-state index is 12.3. The Morgan fingerprint density at radius 1 is 1.60 bits per heavy atom. The van der Waals surface area contributed by atoms with Crippen molar-refractivity contribution in [3.05, 3.63) is 16.3 Å². The highest BCUT2D eigenvalue weighted by atomic mass is 35.5. The predicted octanol–water partition coefficient (Wildman–Crippen LogP) is 1.79. The van der Waals surface area contributed by atoms with Gasteiger partial charge in [0.15, 0.2) is 0 Å². The Balaban J connectivity index is 0.00000200. The minimum Gasteiger partial charge on any atom is -0.391 e. The fraction of sp³-hybridized carbons (Fsp3) is 0.545. The number of amides is 1. The van der Waals surface area contributed by atoms with Gasteiger partial charge in [0.1, 0.15) is 4.88 Å². The molecule has 9 heteroatoms. The molecule has 20 heavy (non-hydrogen) atoms. The van der Waals surface area contributed by atoms with Gasteiger partial charge in [0, 0.05) is 30.4 Å². The third-order valence-corrected chi connectivity index (χ3v) is 4.70. The minimum absolute atomic E-state index is 0. The number of halogens is 3. The number of hydrogen-bond acceptors (Lipinski definition) is 5. The molecule has 2 unspecified atom stereocenters. The van der Waals surface area contributed by atoms with Gasteiger partial charge in [-0.25, -0.2) is 0 Å². The van der Waals surface area contributed by atoms with E-state index in [2.05, 4.69) is 10.6 Å². The van der Waals surface area contributed by atoms with Crippen molar-refractivity contribution in [2.75, 3.05) is 19.6 Å². The van der Waals surface area contributed by atoms with Crippen molar-refractivity contribution in [2.45, 2.75) is 16.8 Å². The molecule has 0 bridgehead atoms. The molecule has 0 aliphatic carbocycles. The monoisotopic (exact) mass is 344 g/mol. The average Bonchev–Trinajstić information content (AvgIpc) is 2.95. The second kappa shape index (κ2) is 8.14. The maximum Gasteiger partial charge on any atom is 0.288 e. The van der Waals surface area contributed by atoms with Gasteiger partial charge in [-0.05, 0) is 11.4 Å². The number of carbonyl (C=O) groups is 1. The SMILES string of the molecule is Cl.O=C(NCC1CNCC1O)c1sccc1SC(F)F. The third kappa shape index (κ3) is 4.56. The molecule has 0 radical (unpaired) electrons. The molecular weight excluding hydrogens is 330 g/mol. The number of alkyl halides is 2. The summed E-state index contributed by atoms with van der Waals surface area (Å²) in [5.74, 6) is -2.94. The van der Waals surface area contributed by atoms with Crippen LogP contribution in [0.4, 0.5) is 8.78 Å². The highest BCUT2D eigenvalue weighted by Crippen LogP contribution is 2.31. The van der Waals surface area contributed by atoms with E-state index in [4.69, 9.17) is 0 Å². The normalized spacial score (nSPS) is 21.8. The fourth-order valence-electron chi connectivity index (χ4n) is 1.88. The van der Waals surface area contributed by atoms with Crippen LogP contribution in [-0.2, 0) is 0 Å². The molecule has 1 aliphatic rings. The van der Waals surface area contributed by atoms with E-state index in [-0.39, 0.29) is 24.2 Å².